The van der Waals surface area contributed by atoms with Crippen LogP contribution in [0.5, 0.6) is 5.75 Å². The zero-order chi connectivity index (χ0) is 20.9. The van der Waals surface area contributed by atoms with Crippen molar-refractivity contribution in [3.05, 3.63) is 74.9 Å². The zero-order valence-corrected chi connectivity index (χ0v) is 15.7. The second kappa shape index (κ2) is 6.81. The zero-order valence-electron chi connectivity index (χ0n) is 15.7. The normalized spacial score (nSPS) is 11.3. The Labute approximate surface area is 164 Å². The van der Waals surface area contributed by atoms with Crippen LogP contribution in [-0.4, -0.2) is 11.4 Å². The molecule has 0 aromatic heterocycles. The number of phenolic OH excluding ortho intramolecular Hbond substituents is 1. The van der Waals surface area contributed by atoms with Gasteiger partial charge >= 0.3 is 0 Å². The Kier molecular flexibility index (Phi) is 4.42. The van der Waals surface area contributed by atoms with Crippen molar-refractivity contribution in [3.8, 4) is 28.2 Å². The summed E-state index contributed by atoms with van der Waals surface area (Å²) in [6.45, 7) is 3.21. The molecule has 1 heterocycles. The lowest BCUT2D eigenvalue weighted by Gasteiger charge is -2.19. The first kappa shape index (κ1) is 18.8. The summed E-state index contributed by atoms with van der Waals surface area (Å²) in [6, 6.07) is 8.71. The average molecular weight is 394 g/mol. The SMILES string of the molecule is CCc1c2oc3c(C)c(O)c(F)cc3c(-c3ccc(C=O)cc3)c-2cc(F)c1=O. The van der Waals surface area contributed by atoms with Gasteiger partial charge in [-0.1, -0.05) is 31.2 Å². The van der Waals surface area contributed by atoms with Gasteiger partial charge in [0.1, 0.15) is 17.6 Å². The number of hydrogen-bond donors (Lipinski definition) is 1. The highest BCUT2D eigenvalue weighted by atomic mass is 19.1. The van der Waals surface area contributed by atoms with E-state index >= 15 is 0 Å². The van der Waals surface area contributed by atoms with E-state index in [0.29, 0.717) is 33.9 Å². The topological polar surface area (TPSA) is 67.5 Å². The summed E-state index contributed by atoms with van der Waals surface area (Å²) in [5.41, 5.74) is 1.59. The van der Waals surface area contributed by atoms with Crippen LogP contribution in [0.3, 0.4) is 0 Å². The number of aryl methyl sites for hydroxylation is 1. The Hall–Kier alpha value is -3.54. The molecule has 1 aliphatic heterocycles. The smallest absolute Gasteiger partial charge is 0.221 e. The molecule has 4 nitrogen and oxygen atoms in total. The minimum absolute atomic E-state index is 0.163. The van der Waals surface area contributed by atoms with E-state index in [1.54, 1.807) is 31.2 Å². The number of carbonyl (C=O) groups is 1. The number of aldehydes is 1. The monoisotopic (exact) mass is 394 g/mol. The number of aromatic hydroxyl groups is 1. The summed E-state index contributed by atoms with van der Waals surface area (Å²) in [5.74, 6) is -2.13. The first-order valence-electron chi connectivity index (χ1n) is 9.03. The number of phenols is 1. The molecule has 0 saturated carbocycles. The molecule has 0 bridgehead atoms. The largest absolute Gasteiger partial charge is 0.505 e. The second-order valence-corrected chi connectivity index (χ2v) is 6.82. The molecular weight excluding hydrogens is 378 g/mol. The molecule has 0 unspecified atom stereocenters. The first-order valence-corrected chi connectivity index (χ1v) is 9.03. The van der Waals surface area contributed by atoms with Crippen molar-refractivity contribution < 1.29 is 23.1 Å². The fraction of sp³-hybridized carbons (Fsp3) is 0.130. The lowest BCUT2D eigenvalue weighted by atomic mass is 9.90. The Bertz CT molecular complexity index is 1300. The first-order chi connectivity index (χ1) is 13.9. The standard InChI is InChI=1S/C23H16F2O4/c1-3-14-21(28)18(25)9-16-19(13-6-4-12(10-26)5-7-13)15-8-17(24)20(27)11(2)22(15)29-23(14)16/h4-10,27H,3H2,1-2H3. The van der Waals surface area contributed by atoms with Gasteiger partial charge < -0.3 is 9.52 Å². The minimum Gasteiger partial charge on any atom is -0.505 e. The Morgan fingerprint density at radius 1 is 1.10 bits per heavy atom. The van der Waals surface area contributed by atoms with Crippen LogP contribution in [0.1, 0.15) is 28.4 Å². The van der Waals surface area contributed by atoms with E-state index in [2.05, 4.69) is 0 Å². The van der Waals surface area contributed by atoms with Crippen LogP contribution >= 0.6 is 0 Å². The fourth-order valence-electron chi connectivity index (χ4n) is 3.64. The number of rotatable bonds is 3. The van der Waals surface area contributed by atoms with Crippen molar-refractivity contribution in [1.82, 2.24) is 0 Å². The van der Waals surface area contributed by atoms with Crippen LogP contribution in [0.2, 0.25) is 0 Å². The van der Waals surface area contributed by atoms with Gasteiger partial charge in [-0.05, 0) is 31.0 Å². The van der Waals surface area contributed by atoms with Crippen molar-refractivity contribution >= 4 is 17.3 Å². The number of carbonyl (C=O) groups excluding carboxylic acids is 1. The van der Waals surface area contributed by atoms with E-state index in [0.717, 1.165) is 12.1 Å². The maximum atomic E-state index is 14.4. The van der Waals surface area contributed by atoms with Gasteiger partial charge in [-0.2, -0.15) is 0 Å². The summed E-state index contributed by atoms with van der Waals surface area (Å²) in [4.78, 5) is 23.3. The van der Waals surface area contributed by atoms with Crippen LogP contribution in [0.15, 0.2) is 45.6 Å². The molecule has 2 aliphatic rings. The van der Waals surface area contributed by atoms with Gasteiger partial charge in [0.05, 0.1) is 0 Å². The maximum Gasteiger partial charge on any atom is 0.221 e. The van der Waals surface area contributed by atoms with E-state index < -0.39 is 22.8 Å². The predicted octanol–water partition coefficient (Wildman–Crippen LogP) is 5.23. The molecule has 146 valence electrons. The molecule has 2 aromatic rings. The summed E-state index contributed by atoms with van der Waals surface area (Å²) in [5, 5.41) is 10.4. The summed E-state index contributed by atoms with van der Waals surface area (Å²) in [7, 11) is 0. The fourth-order valence-corrected chi connectivity index (χ4v) is 3.64. The van der Waals surface area contributed by atoms with Crippen LogP contribution in [0, 0.1) is 18.6 Å². The molecule has 0 amide bonds. The quantitative estimate of drug-likeness (QED) is 0.382. The molecule has 6 heteroatoms. The number of benzene rings is 3. The third-order valence-corrected chi connectivity index (χ3v) is 5.15. The molecule has 4 rings (SSSR count). The lowest BCUT2D eigenvalue weighted by Crippen LogP contribution is -2.15. The molecule has 0 fully saturated rings. The Morgan fingerprint density at radius 2 is 1.79 bits per heavy atom. The lowest BCUT2D eigenvalue weighted by molar-refractivity contribution is 0.112. The van der Waals surface area contributed by atoms with Crippen molar-refractivity contribution in [1.29, 1.82) is 0 Å². The highest BCUT2D eigenvalue weighted by Gasteiger charge is 2.26. The number of fused-ring (bicyclic) bond motifs is 2. The van der Waals surface area contributed by atoms with Gasteiger partial charge in [-0.25, -0.2) is 8.78 Å². The highest BCUT2D eigenvalue weighted by Crippen LogP contribution is 2.44. The summed E-state index contributed by atoms with van der Waals surface area (Å²) in [6.07, 6.45) is 0.929. The molecule has 29 heavy (non-hydrogen) atoms. The van der Waals surface area contributed by atoms with Crippen LogP contribution in [0.25, 0.3) is 33.4 Å². The Morgan fingerprint density at radius 3 is 2.41 bits per heavy atom. The highest BCUT2D eigenvalue weighted by molar-refractivity contribution is 6.04. The van der Waals surface area contributed by atoms with Gasteiger partial charge in [0, 0.05) is 33.2 Å². The van der Waals surface area contributed by atoms with Crippen LogP contribution in [-0.2, 0) is 6.42 Å². The summed E-state index contributed by atoms with van der Waals surface area (Å²) >= 11 is 0. The average Bonchev–Trinajstić information content (AvgIpc) is 2.72. The number of hydrogen-bond acceptors (Lipinski definition) is 4. The second-order valence-electron chi connectivity index (χ2n) is 6.82. The molecule has 1 aliphatic carbocycles. The molecular formula is C23H16F2O4. The van der Waals surface area contributed by atoms with Gasteiger partial charge in [-0.15, -0.1) is 0 Å². The molecule has 1 N–H and O–H groups in total. The summed E-state index contributed by atoms with van der Waals surface area (Å²) < 4.78 is 34.7. The van der Waals surface area contributed by atoms with Crippen LogP contribution in [0.4, 0.5) is 8.78 Å². The van der Waals surface area contributed by atoms with Crippen molar-refractivity contribution in [3.63, 3.8) is 0 Å². The van der Waals surface area contributed by atoms with Crippen LogP contribution < -0.4 is 5.43 Å². The van der Waals surface area contributed by atoms with E-state index in [9.17, 15) is 23.5 Å². The molecule has 2 aromatic carbocycles. The van der Waals surface area contributed by atoms with Gasteiger partial charge in [0.15, 0.2) is 17.4 Å². The Balaban J connectivity index is 2.26. The van der Waals surface area contributed by atoms with E-state index in [1.807, 2.05) is 0 Å². The van der Waals surface area contributed by atoms with E-state index in [4.69, 9.17) is 4.42 Å². The minimum atomic E-state index is -0.925. The molecule has 0 atom stereocenters. The van der Waals surface area contributed by atoms with E-state index in [1.165, 1.54) is 6.92 Å². The predicted molar refractivity (Wildman–Crippen MR) is 106 cm³/mol. The van der Waals surface area contributed by atoms with Gasteiger partial charge in [0.2, 0.25) is 5.43 Å². The van der Waals surface area contributed by atoms with Crippen molar-refractivity contribution in [2.45, 2.75) is 20.3 Å². The molecule has 0 spiro atoms. The molecule has 0 radical (unpaired) electrons. The van der Waals surface area contributed by atoms with E-state index in [-0.39, 0.29) is 28.9 Å². The van der Waals surface area contributed by atoms with Gasteiger partial charge in [-0.3, -0.25) is 9.59 Å². The molecule has 0 saturated heterocycles. The van der Waals surface area contributed by atoms with Gasteiger partial charge in [0.25, 0.3) is 0 Å². The third kappa shape index (κ3) is 2.79. The number of halogens is 2. The van der Waals surface area contributed by atoms with Crippen molar-refractivity contribution in [2.24, 2.45) is 0 Å². The maximum absolute atomic E-state index is 14.4. The van der Waals surface area contributed by atoms with Crippen molar-refractivity contribution in [2.75, 3.05) is 0 Å². The third-order valence-electron chi connectivity index (χ3n) is 5.15.